The molecule has 1 fully saturated rings. The first-order valence-corrected chi connectivity index (χ1v) is 9.72. The van der Waals surface area contributed by atoms with Crippen LogP contribution in [0.5, 0.6) is 0 Å². The van der Waals surface area contributed by atoms with Crippen LogP contribution in [0, 0.1) is 13.8 Å². The zero-order valence-electron chi connectivity index (χ0n) is 16.1. The molecule has 1 aliphatic heterocycles. The number of thiocarbonyl (C=S) groups is 1. The van der Waals surface area contributed by atoms with Crippen molar-refractivity contribution in [1.29, 1.82) is 0 Å². The first-order chi connectivity index (χ1) is 13.2. The van der Waals surface area contributed by atoms with Crippen molar-refractivity contribution in [3.05, 3.63) is 64.5 Å². The molecule has 0 radical (unpaired) electrons. The molecule has 2 heterocycles. The van der Waals surface area contributed by atoms with Gasteiger partial charge < -0.3 is 4.90 Å². The van der Waals surface area contributed by atoms with Gasteiger partial charge in [0.25, 0.3) is 0 Å². The van der Waals surface area contributed by atoms with E-state index in [1.807, 2.05) is 13.0 Å². The summed E-state index contributed by atoms with van der Waals surface area (Å²) in [7, 11) is 0. The third-order valence-electron chi connectivity index (χ3n) is 4.90. The molecule has 1 aliphatic rings. The second kappa shape index (κ2) is 8.57. The quantitative estimate of drug-likeness (QED) is 0.699. The average molecular weight is 408 g/mol. The molecule has 0 amide bonds. The second-order valence-electron chi connectivity index (χ2n) is 7.31. The third kappa shape index (κ3) is 5.52. The Bertz CT molecular complexity index is 806. The van der Waals surface area contributed by atoms with Crippen molar-refractivity contribution in [2.75, 3.05) is 26.2 Å². The molecule has 0 atom stereocenters. The van der Waals surface area contributed by atoms with Crippen molar-refractivity contribution >= 4 is 17.2 Å². The molecule has 0 spiro atoms. The van der Waals surface area contributed by atoms with E-state index in [2.05, 4.69) is 27.8 Å². The van der Waals surface area contributed by atoms with Gasteiger partial charge in [0.15, 0.2) is 0 Å². The summed E-state index contributed by atoms with van der Waals surface area (Å²) in [6.45, 7) is 8.01. The number of nitrogens with zero attached hydrogens (tertiary/aromatic N) is 3. The van der Waals surface area contributed by atoms with E-state index in [9.17, 15) is 13.2 Å². The topological polar surface area (TPSA) is 19.4 Å². The van der Waals surface area contributed by atoms with Gasteiger partial charge in [-0.1, -0.05) is 24.4 Å². The predicted molar refractivity (Wildman–Crippen MR) is 108 cm³/mol. The van der Waals surface area contributed by atoms with Crippen molar-refractivity contribution in [2.45, 2.75) is 33.0 Å². The van der Waals surface area contributed by atoms with E-state index in [0.29, 0.717) is 13.0 Å². The van der Waals surface area contributed by atoms with Crippen molar-refractivity contribution in [3.63, 3.8) is 0 Å². The van der Waals surface area contributed by atoms with Gasteiger partial charge in [0.05, 0.1) is 10.6 Å². The summed E-state index contributed by atoms with van der Waals surface area (Å²) in [5.41, 5.74) is 3.47. The minimum Gasteiger partial charge on any atom is -0.363 e. The molecule has 0 bridgehead atoms. The number of hydrogen-bond donors (Lipinski definition) is 0. The highest BCUT2D eigenvalue weighted by atomic mass is 32.1. The number of pyridine rings is 1. The van der Waals surface area contributed by atoms with Crippen LogP contribution in [-0.4, -0.2) is 46.0 Å². The van der Waals surface area contributed by atoms with Crippen LogP contribution in [0.25, 0.3) is 0 Å². The number of aryl methyl sites for hydroxylation is 2. The molecule has 0 saturated carbocycles. The maximum absolute atomic E-state index is 12.7. The van der Waals surface area contributed by atoms with Gasteiger partial charge in [-0.15, -0.1) is 0 Å². The van der Waals surface area contributed by atoms with Gasteiger partial charge in [0.2, 0.25) is 0 Å². The summed E-state index contributed by atoms with van der Waals surface area (Å²) < 4.78 is 38.0. The molecule has 0 N–H and O–H groups in total. The van der Waals surface area contributed by atoms with Gasteiger partial charge in [-0.25, -0.2) is 0 Å². The van der Waals surface area contributed by atoms with E-state index in [-0.39, 0.29) is 0 Å². The van der Waals surface area contributed by atoms with Gasteiger partial charge in [-0.2, -0.15) is 13.2 Å². The minimum absolute atomic E-state index is 0.605. The average Bonchev–Trinajstić information content (AvgIpc) is 2.61. The summed E-state index contributed by atoms with van der Waals surface area (Å²) in [5, 5.41) is 0. The van der Waals surface area contributed by atoms with Gasteiger partial charge in [-0.3, -0.25) is 9.88 Å². The van der Waals surface area contributed by atoms with E-state index < -0.39 is 11.7 Å². The Balaban J connectivity index is 1.50. The summed E-state index contributed by atoms with van der Waals surface area (Å²) in [5.74, 6) is 0. The minimum atomic E-state index is -4.29. The number of hydrogen-bond acceptors (Lipinski definition) is 3. The summed E-state index contributed by atoms with van der Waals surface area (Å²) in [4.78, 5) is 9.91. The molecule has 3 nitrogen and oxygen atoms in total. The van der Waals surface area contributed by atoms with Gasteiger partial charge in [0, 0.05) is 50.5 Å². The maximum Gasteiger partial charge on any atom is 0.416 e. The summed E-state index contributed by atoms with van der Waals surface area (Å²) in [6, 6.07) is 9.54. The molecule has 1 aromatic carbocycles. The lowest BCUT2D eigenvalue weighted by Crippen LogP contribution is -2.48. The standard InChI is InChI=1S/C21H24F3N3S/c1-15-11-16(2)25-19(12-15)13-20(28)27-9-7-26(8-10-27)14-17-3-5-18(6-4-17)21(22,23)24/h3-6,11-12H,7-10,13-14H2,1-2H3. The number of benzene rings is 1. The van der Waals surface area contributed by atoms with E-state index in [0.717, 1.165) is 60.3 Å². The van der Waals surface area contributed by atoms with Crippen LogP contribution < -0.4 is 0 Å². The largest absolute Gasteiger partial charge is 0.416 e. The first-order valence-electron chi connectivity index (χ1n) is 9.31. The molecule has 28 heavy (non-hydrogen) atoms. The van der Waals surface area contributed by atoms with Gasteiger partial charge in [0.1, 0.15) is 0 Å². The van der Waals surface area contributed by atoms with Crippen LogP contribution in [0.15, 0.2) is 36.4 Å². The molecule has 0 aliphatic carbocycles. The van der Waals surface area contributed by atoms with Crippen molar-refractivity contribution in [3.8, 4) is 0 Å². The molecule has 3 rings (SSSR count). The summed E-state index contributed by atoms with van der Waals surface area (Å²) >= 11 is 5.62. The molecule has 7 heteroatoms. The fourth-order valence-corrected chi connectivity index (χ4v) is 3.83. The number of rotatable bonds is 4. The molecule has 1 saturated heterocycles. The smallest absolute Gasteiger partial charge is 0.363 e. The highest BCUT2D eigenvalue weighted by Crippen LogP contribution is 2.29. The zero-order valence-corrected chi connectivity index (χ0v) is 16.9. The van der Waals surface area contributed by atoms with Crippen molar-refractivity contribution in [2.24, 2.45) is 0 Å². The van der Waals surface area contributed by atoms with E-state index in [1.54, 1.807) is 12.1 Å². The van der Waals surface area contributed by atoms with Gasteiger partial charge >= 0.3 is 6.18 Å². The Morgan fingerprint density at radius 2 is 1.68 bits per heavy atom. The Morgan fingerprint density at radius 1 is 1.04 bits per heavy atom. The second-order valence-corrected chi connectivity index (χ2v) is 7.78. The molecule has 0 unspecified atom stereocenters. The van der Waals surface area contributed by atoms with Crippen LogP contribution in [0.4, 0.5) is 13.2 Å². The number of halogens is 3. The lowest BCUT2D eigenvalue weighted by Gasteiger charge is -2.36. The van der Waals surface area contributed by atoms with Crippen molar-refractivity contribution < 1.29 is 13.2 Å². The molecule has 1 aromatic heterocycles. The Labute approximate surface area is 169 Å². The normalized spacial score (nSPS) is 15.7. The lowest BCUT2D eigenvalue weighted by molar-refractivity contribution is -0.137. The Morgan fingerprint density at radius 3 is 2.25 bits per heavy atom. The Hall–Kier alpha value is -1.99. The fourth-order valence-electron chi connectivity index (χ4n) is 3.50. The molecule has 150 valence electrons. The van der Waals surface area contributed by atoms with Gasteiger partial charge in [-0.05, 0) is 49.2 Å². The van der Waals surface area contributed by atoms with Crippen LogP contribution in [0.3, 0.4) is 0 Å². The van der Waals surface area contributed by atoms with Crippen LogP contribution in [0.1, 0.15) is 28.1 Å². The first kappa shape index (κ1) is 20.7. The Kier molecular flexibility index (Phi) is 6.35. The van der Waals surface area contributed by atoms with Crippen LogP contribution in [-0.2, 0) is 19.1 Å². The lowest BCUT2D eigenvalue weighted by atomic mass is 10.1. The predicted octanol–water partition coefficient (Wildman–Crippen LogP) is 4.40. The number of alkyl halides is 3. The molecular weight excluding hydrogens is 383 g/mol. The third-order valence-corrected chi connectivity index (χ3v) is 5.30. The van der Waals surface area contributed by atoms with Crippen molar-refractivity contribution in [1.82, 2.24) is 14.8 Å². The van der Waals surface area contributed by atoms with E-state index in [4.69, 9.17) is 12.2 Å². The monoisotopic (exact) mass is 407 g/mol. The number of aromatic nitrogens is 1. The zero-order chi connectivity index (χ0) is 20.3. The van der Waals surface area contributed by atoms with E-state index >= 15 is 0 Å². The number of piperazine rings is 1. The molecular formula is C21H24F3N3S. The highest BCUT2D eigenvalue weighted by Gasteiger charge is 2.30. The van der Waals surface area contributed by atoms with Crippen LogP contribution in [0.2, 0.25) is 0 Å². The van der Waals surface area contributed by atoms with E-state index in [1.165, 1.54) is 5.56 Å². The van der Waals surface area contributed by atoms with Crippen LogP contribution >= 0.6 is 12.2 Å². The molecule has 2 aromatic rings. The highest BCUT2D eigenvalue weighted by molar-refractivity contribution is 7.80. The summed E-state index contributed by atoms with van der Waals surface area (Å²) in [6.07, 6.45) is -3.62. The maximum atomic E-state index is 12.7. The SMILES string of the molecule is Cc1cc(C)nc(CC(=S)N2CCN(Cc3ccc(C(F)(F)F)cc3)CC2)c1. The fraction of sp³-hybridized carbons (Fsp3) is 0.429.